The van der Waals surface area contributed by atoms with Crippen LogP contribution >= 0.6 is 0 Å². The number of nitrogen functional groups attached to an aromatic ring is 1. The Morgan fingerprint density at radius 2 is 2.50 bits per heavy atom. The molecule has 64 valence electrons. The van der Waals surface area contributed by atoms with Gasteiger partial charge in [-0.1, -0.05) is 0 Å². The maximum atomic E-state index is 5.80. The second-order valence-corrected chi connectivity index (χ2v) is 3.15. The summed E-state index contributed by atoms with van der Waals surface area (Å²) in [7, 11) is 0. The fourth-order valence-electron chi connectivity index (χ4n) is 1.68. The lowest BCUT2D eigenvalue weighted by atomic mass is 10.1. The van der Waals surface area contributed by atoms with Gasteiger partial charge in [-0.2, -0.15) is 0 Å². The molecule has 0 spiro atoms. The average Bonchev–Trinajstić information content (AvgIpc) is 2.57. The third kappa shape index (κ3) is 1.28. The first-order valence-corrected chi connectivity index (χ1v) is 4.30. The molecule has 1 saturated heterocycles. The highest BCUT2D eigenvalue weighted by atomic mass is 14.9. The normalized spacial score (nSPS) is 22.8. The van der Waals surface area contributed by atoms with Crippen molar-refractivity contribution in [3.05, 3.63) is 24.0 Å². The summed E-state index contributed by atoms with van der Waals surface area (Å²) in [6.07, 6.45) is 5.95. The number of hydrogen-bond acceptors (Lipinski definition) is 3. The fourth-order valence-corrected chi connectivity index (χ4v) is 1.68. The standard InChI is InChI=1S/C9H13N3/c10-8-6-11-5-3-7(8)9-2-1-4-12-9/h3,5-6,9,12H,1-2,4,10H2/t9-/m1/s1. The SMILES string of the molecule is Nc1cnccc1[C@H]1CCCN1. The van der Waals surface area contributed by atoms with Crippen LogP contribution in [0, 0.1) is 0 Å². The maximum Gasteiger partial charge on any atom is 0.0549 e. The number of nitrogens with zero attached hydrogens (tertiary/aromatic N) is 1. The average molecular weight is 163 g/mol. The van der Waals surface area contributed by atoms with Gasteiger partial charge >= 0.3 is 0 Å². The van der Waals surface area contributed by atoms with E-state index in [1.54, 1.807) is 12.4 Å². The Hall–Kier alpha value is -1.09. The minimum atomic E-state index is 0.452. The van der Waals surface area contributed by atoms with Gasteiger partial charge in [0, 0.05) is 12.2 Å². The van der Waals surface area contributed by atoms with Crippen LogP contribution in [0.1, 0.15) is 24.4 Å². The Bertz CT molecular complexity index is 266. The molecule has 2 heterocycles. The van der Waals surface area contributed by atoms with Gasteiger partial charge in [-0.3, -0.25) is 4.98 Å². The minimum Gasteiger partial charge on any atom is -0.397 e. The van der Waals surface area contributed by atoms with Crippen LogP contribution in [0.25, 0.3) is 0 Å². The highest BCUT2D eigenvalue weighted by molar-refractivity contribution is 5.45. The number of anilines is 1. The zero-order valence-electron chi connectivity index (χ0n) is 6.96. The van der Waals surface area contributed by atoms with Crippen LogP contribution in [-0.4, -0.2) is 11.5 Å². The van der Waals surface area contributed by atoms with Crippen LogP contribution in [0.15, 0.2) is 18.5 Å². The van der Waals surface area contributed by atoms with E-state index in [0.29, 0.717) is 6.04 Å². The zero-order valence-corrected chi connectivity index (χ0v) is 6.96. The van der Waals surface area contributed by atoms with E-state index in [0.717, 1.165) is 12.2 Å². The van der Waals surface area contributed by atoms with Crippen LogP contribution in [-0.2, 0) is 0 Å². The van der Waals surface area contributed by atoms with Gasteiger partial charge < -0.3 is 11.1 Å². The molecule has 1 aliphatic heterocycles. The van der Waals surface area contributed by atoms with Crippen LogP contribution in [0.4, 0.5) is 5.69 Å². The molecule has 1 fully saturated rings. The number of nitrogens with two attached hydrogens (primary N) is 1. The molecule has 0 radical (unpaired) electrons. The summed E-state index contributed by atoms with van der Waals surface area (Å²) >= 11 is 0. The van der Waals surface area contributed by atoms with E-state index in [9.17, 15) is 0 Å². The molecule has 0 aliphatic carbocycles. The van der Waals surface area contributed by atoms with E-state index in [1.807, 2.05) is 6.07 Å². The molecule has 3 heteroatoms. The van der Waals surface area contributed by atoms with Crippen LogP contribution in [0.5, 0.6) is 0 Å². The maximum absolute atomic E-state index is 5.80. The van der Waals surface area contributed by atoms with Crippen molar-refractivity contribution < 1.29 is 0 Å². The summed E-state index contributed by atoms with van der Waals surface area (Å²) < 4.78 is 0. The summed E-state index contributed by atoms with van der Waals surface area (Å²) in [4.78, 5) is 3.96. The van der Waals surface area contributed by atoms with Gasteiger partial charge in [0.25, 0.3) is 0 Å². The molecular formula is C9H13N3. The number of pyridine rings is 1. The second-order valence-electron chi connectivity index (χ2n) is 3.15. The third-order valence-electron chi connectivity index (χ3n) is 2.32. The number of nitrogens with one attached hydrogen (secondary N) is 1. The highest BCUT2D eigenvalue weighted by Crippen LogP contribution is 2.26. The summed E-state index contributed by atoms with van der Waals surface area (Å²) in [6.45, 7) is 1.10. The molecule has 2 rings (SSSR count). The van der Waals surface area contributed by atoms with Gasteiger partial charge in [0.15, 0.2) is 0 Å². The fraction of sp³-hybridized carbons (Fsp3) is 0.444. The lowest BCUT2D eigenvalue weighted by Crippen LogP contribution is -2.14. The second kappa shape index (κ2) is 3.11. The summed E-state index contributed by atoms with van der Waals surface area (Å²) in [6, 6.07) is 2.45. The predicted molar refractivity (Wildman–Crippen MR) is 48.6 cm³/mol. The Morgan fingerprint density at radius 1 is 1.58 bits per heavy atom. The Morgan fingerprint density at radius 3 is 3.17 bits per heavy atom. The number of aromatic nitrogens is 1. The van der Waals surface area contributed by atoms with Crippen molar-refractivity contribution in [2.45, 2.75) is 18.9 Å². The van der Waals surface area contributed by atoms with Crippen LogP contribution in [0.2, 0.25) is 0 Å². The van der Waals surface area contributed by atoms with Crippen molar-refractivity contribution >= 4 is 5.69 Å². The zero-order chi connectivity index (χ0) is 8.39. The molecule has 1 aromatic rings. The van der Waals surface area contributed by atoms with E-state index in [-0.39, 0.29) is 0 Å². The Kier molecular flexibility index (Phi) is 1.96. The van der Waals surface area contributed by atoms with Gasteiger partial charge in [0.2, 0.25) is 0 Å². The predicted octanol–water partition coefficient (Wildman–Crippen LogP) is 1.09. The molecule has 3 nitrogen and oxygen atoms in total. The number of rotatable bonds is 1. The lowest BCUT2D eigenvalue weighted by molar-refractivity contribution is 0.649. The van der Waals surface area contributed by atoms with Gasteiger partial charge in [-0.15, -0.1) is 0 Å². The first-order chi connectivity index (χ1) is 5.88. The molecule has 1 aromatic heterocycles. The van der Waals surface area contributed by atoms with Gasteiger partial charge in [-0.25, -0.2) is 0 Å². The van der Waals surface area contributed by atoms with Gasteiger partial charge in [0.1, 0.15) is 0 Å². The molecule has 0 unspecified atom stereocenters. The van der Waals surface area contributed by atoms with Gasteiger partial charge in [-0.05, 0) is 31.0 Å². The molecule has 0 aromatic carbocycles. The first-order valence-electron chi connectivity index (χ1n) is 4.30. The highest BCUT2D eigenvalue weighted by Gasteiger charge is 2.17. The van der Waals surface area contributed by atoms with Gasteiger partial charge in [0.05, 0.1) is 11.9 Å². The third-order valence-corrected chi connectivity index (χ3v) is 2.32. The molecule has 0 amide bonds. The Balaban J connectivity index is 2.26. The first kappa shape index (κ1) is 7.55. The molecule has 12 heavy (non-hydrogen) atoms. The van der Waals surface area contributed by atoms with Crippen molar-refractivity contribution in [3.63, 3.8) is 0 Å². The van der Waals surface area contributed by atoms with E-state index >= 15 is 0 Å². The molecule has 1 aliphatic rings. The number of hydrogen-bond donors (Lipinski definition) is 2. The van der Waals surface area contributed by atoms with Crippen molar-refractivity contribution in [1.82, 2.24) is 10.3 Å². The molecule has 0 saturated carbocycles. The quantitative estimate of drug-likeness (QED) is 0.651. The Labute approximate surface area is 72.0 Å². The summed E-state index contributed by atoms with van der Waals surface area (Å²) in [5.74, 6) is 0. The van der Waals surface area contributed by atoms with Crippen LogP contribution in [0.3, 0.4) is 0 Å². The summed E-state index contributed by atoms with van der Waals surface area (Å²) in [5.41, 5.74) is 7.80. The molecule has 0 bridgehead atoms. The van der Waals surface area contributed by atoms with Crippen molar-refractivity contribution in [2.75, 3.05) is 12.3 Å². The van der Waals surface area contributed by atoms with Crippen molar-refractivity contribution in [2.24, 2.45) is 0 Å². The topological polar surface area (TPSA) is 50.9 Å². The smallest absolute Gasteiger partial charge is 0.0549 e. The lowest BCUT2D eigenvalue weighted by Gasteiger charge is -2.11. The van der Waals surface area contributed by atoms with E-state index in [1.165, 1.54) is 18.4 Å². The van der Waals surface area contributed by atoms with E-state index in [4.69, 9.17) is 5.73 Å². The largest absolute Gasteiger partial charge is 0.397 e. The summed E-state index contributed by atoms with van der Waals surface area (Å²) in [5, 5.41) is 3.41. The monoisotopic (exact) mass is 163 g/mol. The molecule has 1 atom stereocenters. The molecule has 3 N–H and O–H groups in total. The van der Waals surface area contributed by atoms with Crippen molar-refractivity contribution in [1.29, 1.82) is 0 Å². The van der Waals surface area contributed by atoms with Crippen LogP contribution < -0.4 is 11.1 Å². The van der Waals surface area contributed by atoms with E-state index < -0.39 is 0 Å². The van der Waals surface area contributed by atoms with Crippen molar-refractivity contribution in [3.8, 4) is 0 Å². The molecular weight excluding hydrogens is 150 g/mol. The van der Waals surface area contributed by atoms with E-state index in [2.05, 4.69) is 10.3 Å². The minimum absolute atomic E-state index is 0.452.